The summed E-state index contributed by atoms with van der Waals surface area (Å²) in [4.78, 5) is 35.2. The number of carbonyl (C=O) groups is 3. The number of amides is 1. The minimum atomic E-state index is -0.636. The van der Waals surface area contributed by atoms with Gasteiger partial charge in [0.2, 0.25) is 0 Å². The molecule has 6 nitrogen and oxygen atoms in total. The van der Waals surface area contributed by atoms with Crippen LogP contribution in [0.2, 0.25) is 0 Å². The molecule has 0 radical (unpaired) electrons. The van der Waals surface area contributed by atoms with Crippen molar-refractivity contribution in [1.82, 2.24) is 5.32 Å². The van der Waals surface area contributed by atoms with Gasteiger partial charge in [-0.15, -0.1) is 0 Å². The average Bonchev–Trinajstić information content (AvgIpc) is 2.70. The molecule has 4 aliphatic rings. The zero-order valence-electron chi connectivity index (χ0n) is 16.9. The van der Waals surface area contributed by atoms with Gasteiger partial charge in [0.1, 0.15) is 5.75 Å². The molecule has 1 amide bonds. The Morgan fingerprint density at radius 3 is 2.34 bits per heavy atom. The van der Waals surface area contributed by atoms with Crippen molar-refractivity contribution in [2.75, 3.05) is 13.2 Å². The van der Waals surface area contributed by atoms with Crippen LogP contribution in [-0.4, -0.2) is 37.4 Å². The molecular weight excluding hydrogens is 370 g/mol. The van der Waals surface area contributed by atoms with Gasteiger partial charge < -0.3 is 14.8 Å². The number of ether oxygens (including phenoxy) is 2. The highest BCUT2D eigenvalue weighted by Crippen LogP contribution is 2.61. The lowest BCUT2D eigenvalue weighted by atomic mass is 9.48. The third-order valence-electron chi connectivity index (χ3n) is 7.14. The largest absolute Gasteiger partial charge is 0.481 e. The average molecular weight is 399 g/mol. The molecule has 1 atom stereocenters. The molecule has 6 heteroatoms. The first-order valence-corrected chi connectivity index (χ1v) is 10.6. The van der Waals surface area contributed by atoms with Crippen molar-refractivity contribution in [3.8, 4) is 5.75 Å². The second kappa shape index (κ2) is 8.17. The molecule has 0 heterocycles. The summed E-state index contributed by atoms with van der Waals surface area (Å²) < 4.78 is 10.4. The van der Waals surface area contributed by atoms with Crippen molar-refractivity contribution >= 4 is 18.2 Å². The lowest BCUT2D eigenvalue weighted by Crippen LogP contribution is -2.56. The van der Waals surface area contributed by atoms with Crippen molar-refractivity contribution in [2.24, 2.45) is 23.2 Å². The van der Waals surface area contributed by atoms with E-state index in [0.29, 0.717) is 17.6 Å². The Labute approximate surface area is 171 Å². The molecule has 1 aromatic rings. The van der Waals surface area contributed by atoms with E-state index < -0.39 is 5.97 Å². The van der Waals surface area contributed by atoms with E-state index in [1.807, 2.05) is 0 Å². The number of para-hydroxylation sites is 1. The van der Waals surface area contributed by atoms with E-state index in [-0.39, 0.29) is 30.6 Å². The zero-order valence-corrected chi connectivity index (χ0v) is 16.9. The van der Waals surface area contributed by atoms with Gasteiger partial charge in [0.25, 0.3) is 5.91 Å². The Bertz CT molecular complexity index is 754. The first-order valence-electron chi connectivity index (χ1n) is 10.6. The highest BCUT2D eigenvalue weighted by atomic mass is 16.6. The van der Waals surface area contributed by atoms with E-state index in [9.17, 15) is 14.4 Å². The molecule has 0 unspecified atom stereocenters. The van der Waals surface area contributed by atoms with E-state index in [0.717, 1.165) is 17.8 Å². The van der Waals surface area contributed by atoms with Crippen molar-refractivity contribution in [1.29, 1.82) is 0 Å². The molecule has 1 aromatic carbocycles. The topological polar surface area (TPSA) is 81.7 Å². The SMILES string of the molecule is C[C@@H](NC(=O)COC(=O)COc1ccccc1C=O)C12CC3CC(CC(C3)C1)C2. The Hall–Kier alpha value is -2.37. The van der Waals surface area contributed by atoms with Gasteiger partial charge in [-0.3, -0.25) is 9.59 Å². The fourth-order valence-electron chi connectivity index (χ4n) is 6.18. The van der Waals surface area contributed by atoms with Crippen LogP contribution in [0.5, 0.6) is 5.75 Å². The molecule has 0 spiro atoms. The van der Waals surface area contributed by atoms with E-state index in [2.05, 4.69) is 12.2 Å². The number of rotatable bonds is 8. The fraction of sp³-hybridized carbons (Fsp3) is 0.609. The van der Waals surface area contributed by atoms with E-state index in [1.54, 1.807) is 24.3 Å². The number of carbonyl (C=O) groups excluding carboxylic acids is 3. The molecule has 0 aromatic heterocycles. The van der Waals surface area contributed by atoms with Crippen LogP contribution in [0.1, 0.15) is 55.8 Å². The lowest BCUT2D eigenvalue weighted by molar-refractivity contribution is -0.151. The summed E-state index contributed by atoms with van der Waals surface area (Å²) in [5, 5.41) is 3.08. The van der Waals surface area contributed by atoms with Crippen LogP contribution in [0.15, 0.2) is 24.3 Å². The zero-order chi connectivity index (χ0) is 20.4. The molecule has 4 bridgehead atoms. The van der Waals surface area contributed by atoms with Gasteiger partial charge in [-0.2, -0.15) is 0 Å². The van der Waals surface area contributed by atoms with E-state index >= 15 is 0 Å². The maximum Gasteiger partial charge on any atom is 0.344 e. The van der Waals surface area contributed by atoms with Crippen LogP contribution in [-0.2, 0) is 14.3 Å². The summed E-state index contributed by atoms with van der Waals surface area (Å²) in [5.41, 5.74) is 0.582. The van der Waals surface area contributed by atoms with Crippen LogP contribution in [0, 0.1) is 23.2 Å². The van der Waals surface area contributed by atoms with Gasteiger partial charge in [-0.25, -0.2) is 4.79 Å². The molecule has 4 aliphatic carbocycles. The third kappa shape index (κ3) is 4.31. The maximum atomic E-state index is 12.4. The van der Waals surface area contributed by atoms with Gasteiger partial charge in [-0.05, 0) is 80.8 Å². The monoisotopic (exact) mass is 399 g/mol. The summed E-state index contributed by atoms with van der Waals surface area (Å²) in [6.45, 7) is 1.45. The van der Waals surface area contributed by atoms with Gasteiger partial charge in [0, 0.05) is 6.04 Å². The first-order chi connectivity index (χ1) is 14.0. The van der Waals surface area contributed by atoms with Crippen molar-refractivity contribution < 1.29 is 23.9 Å². The first kappa shape index (κ1) is 19.9. The number of hydrogen-bond acceptors (Lipinski definition) is 5. The Balaban J connectivity index is 1.23. The number of aldehydes is 1. The van der Waals surface area contributed by atoms with Crippen molar-refractivity contribution in [3.63, 3.8) is 0 Å². The predicted octanol–water partition coefficient (Wildman–Crippen LogP) is 3.14. The molecule has 0 aliphatic heterocycles. The van der Waals surface area contributed by atoms with E-state index in [4.69, 9.17) is 9.47 Å². The molecule has 0 saturated heterocycles. The van der Waals surface area contributed by atoms with Gasteiger partial charge in [-0.1, -0.05) is 12.1 Å². The quantitative estimate of drug-likeness (QED) is 0.536. The number of esters is 1. The van der Waals surface area contributed by atoms with Crippen LogP contribution >= 0.6 is 0 Å². The second-order valence-corrected chi connectivity index (χ2v) is 9.17. The number of nitrogens with one attached hydrogen (secondary N) is 1. The Kier molecular flexibility index (Phi) is 5.61. The third-order valence-corrected chi connectivity index (χ3v) is 7.14. The van der Waals surface area contributed by atoms with Crippen molar-refractivity contribution in [2.45, 2.75) is 51.5 Å². The summed E-state index contributed by atoms with van der Waals surface area (Å²) >= 11 is 0. The normalized spacial score (nSPS) is 30.4. The highest BCUT2D eigenvalue weighted by Gasteiger charge is 2.53. The van der Waals surface area contributed by atoms with Gasteiger partial charge >= 0.3 is 5.97 Å². The highest BCUT2D eigenvalue weighted by molar-refractivity contribution is 5.82. The Morgan fingerprint density at radius 1 is 1.10 bits per heavy atom. The van der Waals surface area contributed by atoms with Crippen molar-refractivity contribution in [3.05, 3.63) is 29.8 Å². The molecule has 29 heavy (non-hydrogen) atoms. The molecule has 5 rings (SSSR count). The van der Waals surface area contributed by atoms with E-state index in [1.165, 1.54) is 38.5 Å². The number of benzene rings is 1. The minimum Gasteiger partial charge on any atom is -0.481 e. The molecule has 4 saturated carbocycles. The van der Waals surface area contributed by atoms with Crippen LogP contribution in [0.4, 0.5) is 0 Å². The summed E-state index contributed by atoms with van der Waals surface area (Å²) in [5.74, 6) is 1.89. The molecular formula is C23H29NO5. The maximum absolute atomic E-state index is 12.4. The van der Waals surface area contributed by atoms with Crippen LogP contribution in [0.3, 0.4) is 0 Å². The smallest absolute Gasteiger partial charge is 0.344 e. The summed E-state index contributed by atoms with van der Waals surface area (Å²) in [6.07, 6.45) is 8.40. The van der Waals surface area contributed by atoms with Crippen LogP contribution < -0.4 is 10.1 Å². The lowest BCUT2D eigenvalue weighted by Gasteiger charge is -2.59. The van der Waals surface area contributed by atoms with Gasteiger partial charge in [0.05, 0.1) is 5.56 Å². The van der Waals surface area contributed by atoms with Gasteiger partial charge in [0.15, 0.2) is 19.5 Å². The fourth-order valence-corrected chi connectivity index (χ4v) is 6.18. The predicted molar refractivity (Wildman–Crippen MR) is 106 cm³/mol. The summed E-state index contributed by atoms with van der Waals surface area (Å²) in [6, 6.07) is 6.74. The standard InChI is InChI=1S/C23H29NO5/c1-15(23-9-16-6-17(10-23)8-18(7-16)11-23)24-21(26)13-29-22(27)14-28-20-5-3-2-4-19(20)12-25/h2-5,12,15-18H,6-11,13-14H2,1H3,(H,24,26)/t15-,16?,17?,18?,23?/m1/s1. The molecule has 4 fully saturated rings. The Morgan fingerprint density at radius 2 is 1.72 bits per heavy atom. The molecule has 1 N–H and O–H groups in total. The second-order valence-electron chi connectivity index (χ2n) is 9.17. The minimum absolute atomic E-state index is 0.0952. The van der Waals surface area contributed by atoms with Crippen LogP contribution in [0.25, 0.3) is 0 Å². The summed E-state index contributed by atoms with van der Waals surface area (Å²) in [7, 11) is 0. The molecule has 156 valence electrons. The number of hydrogen-bond donors (Lipinski definition) is 1.